The second-order valence-corrected chi connectivity index (χ2v) is 6.47. The molecule has 96 valence electrons. The van der Waals surface area contributed by atoms with Crippen LogP contribution in [0.3, 0.4) is 0 Å². The lowest BCUT2D eigenvalue weighted by Gasteiger charge is -2.38. The summed E-state index contributed by atoms with van der Waals surface area (Å²) in [6, 6.07) is 0. The third kappa shape index (κ3) is 4.84. The van der Waals surface area contributed by atoms with Gasteiger partial charge in [0.15, 0.2) is 0 Å². The van der Waals surface area contributed by atoms with E-state index in [9.17, 15) is 5.11 Å². The lowest BCUT2D eigenvalue weighted by atomic mass is 9.75. The van der Waals surface area contributed by atoms with Crippen molar-refractivity contribution >= 4 is 0 Å². The largest absolute Gasteiger partial charge is 0.393 e. The molecule has 0 radical (unpaired) electrons. The van der Waals surface area contributed by atoms with Crippen molar-refractivity contribution in [1.82, 2.24) is 4.90 Å². The molecular weight excluding hydrogens is 198 g/mol. The summed E-state index contributed by atoms with van der Waals surface area (Å²) in [6.07, 6.45) is 4.64. The molecule has 1 rings (SSSR count). The average molecular weight is 227 g/mol. The molecule has 0 aromatic carbocycles. The highest BCUT2D eigenvalue weighted by Crippen LogP contribution is 2.34. The Balaban J connectivity index is 2.17. The molecule has 1 aliphatic heterocycles. The zero-order valence-corrected chi connectivity index (χ0v) is 11.5. The lowest BCUT2D eigenvalue weighted by molar-refractivity contribution is 0.106. The topological polar surface area (TPSA) is 23.5 Å². The molecule has 0 aromatic heterocycles. The minimum atomic E-state index is -0.132. The summed E-state index contributed by atoms with van der Waals surface area (Å²) in [5.74, 6) is 0.889. The molecule has 0 spiro atoms. The first-order valence-corrected chi connectivity index (χ1v) is 6.80. The van der Waals surface area contributed by atoms with E-state index in [-0.39, 0.29) is 6.10 Å². The molecule has 1 aliphatic rings. The predicted molar refractivity (Wildman–Crippen MR) is 69.5 cm³/mol. The summed E-state index contributed by atoms with van der Waals surface area (Å²) < 4.78 is 0. The molecule has 0 amide bonds. The number of rotatable bonds is 4. The average Bonchev–Trinajstić information content (AvgIpc) is 2.16. The first-order chi connectivity index (χ1) is 7.39. The normalized spacial score (nSPS) is 22.3. The molecule has 1 unspecified atom stereocenters. The van der Waals surface area contributed by atoms with Crippen LogP contribution in [0.1, 0.15) is 53.4 Å². The molecule has 1 saturated heterocycles. The molecule has 0 bridgehead atoms. The Kier molecular flexibility index (Phi) is 5.26. The van der Waals surface area contributed by atoms with Gasteiger partial charge in [-0.05, 0) is 63.6 Å². The van der Waals surface area contributed by atoms with E-state index >= 15 is 0 Å². The van der Waals surface area contributed by atoms with Gasteiger partial charge in [-0.25, -0.2) is 0 Å². The third-order valence-electron chi connectivity index (χ3n) is 3.91. The van der Waals surface area contributed by atoms with Crippen LogP contribution in [0.2, 0.25) is 0 Å². The molecule has 1 N–H and O–H groups in total. The van der Waals surface area contributed by atoms with Crippen LogP contribution in [0.25, 0.3) is 0 Å². The number of hydrogen-bond donors (Lipinski definition) is 1. The van der Waals surface area contributed by atoms with E-state index in [1.165, 1.54) is 32.5 Å². The van der Waals surface area contributed by atoms with Crippen molar-refractivity contribution in [1.29, 1.82) is 0 Å². The van der Waals surface area contributed by atoms with Gasteiger partial charge >= 0.3 is 0 Å². The number of likely N-dealkylation sites (tertiary alicyclic amines) is 1. The summed E-state index contributed by atoms with van der Waals surface area (Å²) in [7, 11) is 0. The molecule has 0 saturated carbocycles. The van der Waals surface area contributed by atoms with Crippen molar-refractivity contribution in [3.8, 4) is 0 Å². The van der Waals surface area contributed by atoms with E-state index in [0.717, 1.165) is 18.8 Å². The number of nitrogens with zero attached hydrogens (tertiary/aromatic N) is 1. The fraction of sp³-hybridized carbons (Fsp3) is 1.00. The van der Waals surface area contributed by atoms with E-state index in [4.69, 9.17) is 0 Å². The Morgan fingerprint density at radius 3 is 2.25 bits per heavy atom. The SMILES string of the molecule is CC(O)CCCN1CCC(C(C)(C)C)CC1. The van der Waals surface area contributed by atoms with Crippen LogP contribution in [0.4, 0.5) is 0 Å². The standard InChI is InChI=1S/C14H29NO/c1-12(16)6-5-9-15-10-7-13(8-11-15)14(2,3)4/h12-13,16H,5-11H2,1-4H3. The van der Waals surface area contributed by atoms with Gasteiger partial charge in [-0.2, -0.15) is 0 Å². The first-order valence-electron chi connectivity index (χ1n) is 6.80. The quantitative estimate of drug-likeness (QED) is 0.798. The highest BCUT2D eigenvalue weighted by molar-refractivity contribution is 4.80. The fourth-order valence-electron chi connectivity index (χ4n) is 2.63. The third-order valence-corrected chi connectivity index (χ3v) is 3.91. The van der Waals surface area contributed by atoms with Gasteiger partial charge in [-0.3, -0.25) is 0 Å². The fourth-order valence-corrected chi connectivity index (χ4v) is 2.63. The van der Waals surface area contributed by atoms with E-state index in [1.54, 1.807) is 0 Å². The van der Waals surface area contributed by atoms with E-state index in [1.807, 2.05) is 6.92 Å². The predicted octanol–water partition coefficient (Wildman–Crippen LogP) is 2.91. The van der Waals surface area contributed by atoms with Crippen LogP contribution in [-0.2, 0) is 0 Å². The number of aliphatic hydroxyl groups excluding tert-OH is 1. The smallest absolute Gasteiger partial charge is 0.0512 e. The molecule has 2 heteroatoms. The minimum absolute atomic E-state index is 0.132. The first kappa shape index (κ1) is 14.0. The molecular formula is C14H29NO. The van der Waals surface area contributed by atoms with Crippen molar-refractivity contribution in [2.45, 2.75) is 59.5 Å². The summed E-state index contributed by atoms with van der Waals surface area (Å²) >= 11 is 0. The van der Waals surface area contributed by atoms with Crippen LogP contribution in [0.15, 0.2) is 0 Å². The molecule has 16 heavy (non-hydrogen) atoms. The Morgan fingerprint density at radius 1 is 1.25 bits per heavy atom. The maximum atomic E-state index is 9.21. The minimum Gasteiger partial charge on any atom is -0.393 e. The molecule has 0 aromatic rings. The number of piperidine rings is 1. The highest BCUT2D eigenvalue weighted by Gasteiger charge is 2.28. The van der Waals surface area contributed by atoms with Crippen LogP contribution >= 0.6 is 0 Å². The highest BCUT2D eigenvalue weighted by atomic mass is 16.3. The monoisotopic (exact) mass is 227 g/mol. The van der Waals surface area contributed by atoms with E-state index < -0.39 is 0 Å². The second-order valence-electron chi connectivity index (χ2n) is 6.47. The van der Waals surface area contributed by atoms with Gasteiger partial charge in [0.2, 0.25) is 0 Å². The van der Waals surface area contributed by atoms with Crippen molar-refractivity contribution < 1.29 is 5.11 Å². The van der Waals surface area contributed by atoms with Gasteiger partial charge in [0.05, 0.1) is 6.10 Å². The zero-order chi connectivity index (χ0) is 12.2. The van der Waals surface area contributed by atoms with E-state index in [0.29, 0.717) is 5.41 Å². The summed E-state index contributed by atoms with van der Waals surface area (Å²) in [5.41, 5.74) is 0.478. The van der Waals surface area contributed by atoms with Crippen molar-refractivity contribution in [2.75, 3.05) is 19.6 Å². The van der Waals surface area contributed by atoms with E-state index in [2.05, 4.69) is 25.7 Å². The lowest BCUT2D eigenvalue weighted by Crippen LogP contribution is -2.38. The van der Waals surface area contributed by atoms with Crippen LogP contribution in [-0.4, -0.2) is 35.7 Å². The summed E-state index contributed by atoms with van der Waals surface area (Å²) in [4.78, 5) is 2.56. The number of hydrogen-bond acceptors (Lipinski definition) is 2. The van der Waals surface area contributed by atoms with Crippen molar-refractivity contribution in [3.63, 3.8) is 0 Å². The van der Waals surface area contributed by atoms with Gasteiger partial charge < -0.3 is 10.0 Å². The maximum Gasteiger partial charge on any atom is 0.0512 e. The molecule has 1 fully saturated rings. The Bertz CT molecular complexity index is 187. The van der Waals surface area contributed by atoms with Gasteiger partial charge in [-0.1, -0.05) is 20.8 Å². The Labute approximate surface area is 101 Å². The maximum absolute atomic E-state index is 9.21. The Morgan fingerprint density at radius 2 is 1.81 bits per heavy atom. The van der Waals surface area contributed by atoms with Gasteiger partial charge in [-0.15, -0.1) is 0 Å². The van der Waals surface area contributed by atoms with Crippen LogP contribution in [0, 0.1) is 11.3 Å². The van der Waals surface area contributed by atoms with Crippen molar-refractivity contribution in [2.24, 2.45) is 11.3 Å². The van der Waals surface area contributed by atoms with Crippen LogP contribution < -0.4 is 0 Å². The summed E-state index contributed by atoms with van der Waals surface area (Å²) in [5, 5.41) is 9.21. The zero-order valence-electron chi connectivity index (χ0n) is 11.5. The van der Waals surface area contributed by atoms with Gasteiger partial charge in [0, 0.05) is 0 Å². The van der Waals surface area contributed by atoms with Crippen molar-refractivity contribution in [3.05, 3.63) is 0 Å². The van der Waals surface area contributed by atoms with Gasteiger partial charge in [0.1, 0.15) is 0 Å². The Hall–Kier alpha value is -0.0800. The van der Waals surface area contributed by atoms with Crippen LogP contribution in [0.5, 0.6) is 0 Å². The summed E-state index contributed by atoms with van der Waals surface area (Å²) in [6.45, 7) is 12.6. The number of aliphatic hydroxyl groups is 1. The molecule has 1 heterocycles. The molecule has 2 nitrogen and oxygen atoms in total. The van der Waals surface area contributed by atoms with Gasteiger partial charge in [0.25, 0.3) is 0 Å². The molecule has 1 atom stereocenters. The molecule has 0 aliphatic carbocycles. The second kappa shape index (κ2) is 6.02.